The third-order valence-electron chi connectivity index (χ3n) is 7.16. The minimum atomic E-state index is -0.589. The van der Waals surface area contributed by atoms with Gasteiger partial charge in [-0.1, -0.05) is 34.1 Å². The first-order chi connectivity index (χ1) is 18.5. The van der Waals surface area contributed by atoms with Crippen molar-refractivity contribution in [1.82, 2.24) is 10.2 Å². The number of carbonyl (C=O) groups excluding carboxylic acids is 2. The molecule has 0 radical (unpaired) electrons. The molecule has 0 spiro atoms. The molecule has 0 aliphatic carbocycles. The second kappa shape index (κ2) is 11.1. The maximum Gasteiger partial charge on any atom is 0.254 e. The molecule has 1 N–H and O–H groups in total. The molecule has 38 heavy (non-hydrogen) atoms. The largest absolute Gasteiger partial charge is 0.496 e. The van der Waals surface area contributed by atoms with Crippen LogP contribution in [0.5, 0.6) is 17.2 Å². The van der Waals surface area contributed by atoms with E-state index in [2.05, 4.69) is 21.2 Å². The lowest BCUT2D eigenvalue weighted by Crippen LogP contribution is -2.50. The molecule has 2 heterocycles. The van der Waals surface area contributed by atoms with Crippen LogP contribution in [0.1, 0.15) is 58.4 Å². The van der Waals surface area contributed by atoms with E-state index in [-0.39, 0.29) is 11.8 Å². The van der Waals surface area contributed by atoms with Crippen LogP contribution in [-0.2, 0) is 17.8 Å². The number of benzene rings is 3. The first-order valence-corrected chi connectivity index (χ1v) is 13.7. The second-order valence-corrected chi connectivity index (χ2v) is 10.2. The van der Waals surface area contributed by atoms with Crippen molar-refractivity contribution in [3.63, 3.8) is 0 Å². The van der Waals surface area contributed by atoms with Crippen LogP contribution in [0.2, 0.25) is 0 Å². The van der Waals surface area contributed by atoms with Crippen molar-refractivity contribution in [3.05, 3.63) is 86.9 Å². The highest BCUT2D eigenvalue weighted by Crippen LogP contribution is 2.48. The molecular weight excluding hydrogens is 548 g/mol. The summed E-state index contributed by atoms with van der Waals surface area (Å²) in [5.41, 5.74) is 4.15. The first-order valence-electron chi connectivity index (χ1n) is 12.9. The van der Waals surface area contributed by atoms with E-state index in [4.69, 9.17) is 14.2 Å². The van der Waals surface area contributed by atoms with Gasteiger partial charge in [0.15, 0.2) is 11.5 Å². The average Bonchev–Trinajstić information content (AvgIpc) is 2.92. The zero-order valence-electron chi connectivity index (χ0n) is 21.8. The van der Waals surface area contributed by atoms with Crippen molar-refractivity contribution in [3.8, 4) is 17.2 Å². The van der Waals surface area contributed by atoms with Gasteiger partial charge in [0.2, 0.25) is 5.91 Å². The van der Waals surface area contributed by atoms with E-state index in [0.29, 0.717) is 55.5 Å². The number of nitrogens with one attached hydrogen (secondary N) is 1. The molecule has 0 saturated heterocycles. The number of hydrogen-bond donors (Lipinski definition) is 1. The molecule has 3 aromatic rings. The van der Waals surface area contributed by atoms with Gasteiger partial charge in [0.05, 0.1) is 32.3 Å². The van der Waals surface area contributed by atoms with Crippen LogP contribution in [0.15, 0.2) is 59.1 Å². The van der Waals surface area contributed by atoms with Gasteiger partial charge in [-0.2, -0.15) is 0 Å². The number of ether oxygens (including phenoxy) is 3. The molecule has 0 saturated carbocycles. The molecule has 198 valence electrons. The number of nitrogens with zero attached hydrogens (tertiary/aromatic N) is 1. The van der Waals surface area contributed by atoms with E-state index in [9.17, 15) is 9.59 Å². The van der Waals surface area contributed by atoms with Gasteiger partial charge in [-0.25, -0.2) is 0 Å². The monoisotopic (exact) mass is 578 g/mol. The Bertz CT molecular complexity index is 1370. The molecule has 0 fully saturated rings. The van der Waals surface area contributed by atoms with Crippen LogP contribution in [-0.4, -0.2) is 43.6 Å². The first kappa shape index (κ1) is 26.1. The molecule has 2 unspecified atom stereocenters. The SMILES string of the molecule is CCOc1cc2c(cc1OCC)C1C(C(=O)NCc3cc(Br)ccc3OC)c3ccccc3C(=O)N1CC2. The Balaban J connectivity index is 1.57. The zero-order chi connectivity index (χ0) is 26.8. The van der Waals surface area contributed by atoms with E-state index >= 15 is 0 Å². The molecule has 7 nitrogen and oxygen atoms in total. The van der Waals surface area contributed by atoms with Crippen molar-refractivity contribution in [2.45, 2.75) is 38.8 Å². The summed E-state index contributed by atoms with van der Waals surface area (Å²) in [6, 6.07) is 16.6. The predicted molar refractivity (Wildman–Crippen MR) is 148 cm³/mol. The average molecular weight is 579 g/mol. The molecule has 2 aliphatic heterocycles. The summed E-state index contributed by atoms with van der Waals surface area (Å²) in [5, 5.41) is 3.13. The van der Waals surface area contributed by atoms with Crippen LogP contribution >= 0.6 is 15.9 Å². The number of hydrogen-bond acceptors (Lipinski definition) is 5. The van der Waals surface area contributed by atoms with Crippen LogP contribution in [0.3, 0.4) is 0 Å². The molecular formula is C30H31BrN2O5. The standard InChI is InChI=1S/C30H31BrN2O5/c1-4-37-25-15-18-12-13-33-28(23(18)16-26(25)38-5-2)27(21-8-6-7-9-22(21)30(33)35)29(34)32-17-19-14-20(31)10-11-24(19)36-3/h6-11,14-16,27-28H,4-5,12-13,17H2,1-3H3,(H,32,34). The highest BCUT2D eigenvalue weighted by atomic mass is 79.9. The van der Waals surface area contributed by atoms with Crippen LogP contribution in [0.25, 0.3) is 0 Å². The molecule has 8 heteroatoms. The molecule has 2 atom stereocenters. The van der Waals surface area contributed by atoms with E-state index in [1.165, 1.54) is 0 Å². The van der Waals surface area contributed by atoms with Gasteiger partial charge in [0.25, 0.3) is 5.91 Å². The summed E-state index contributed by atoms with van der Waals surface area (Å²) in [6.07, 6.45) is 0.676. The third kappa shape index (κ3) is 4.73. The van der Waals surface area contributed by atoms with Gasteiger partial charge >= 0.3 is 0 Å². The fourth-order valence-corrected chi connectivity index (χ4v) is 5.94. The van der Waals surface area contributed by atoms with E-state index in [1.807, 2.05) is 73.3 Å². The normalized spacial score (nSPS) is 17.7. The Hall–Kier alpha value is -3.52. The molecule has 0 bridgehead atoms. The maximum atomic E-state index is 14.0. The summed E-state index contributed by atoms with van der Waals surface area (Å²) < 4.78 is 18.2. The second-order valence-electron chi connectivity index (χ2n) is 9.30. The van der Waals surface area contributed by atoms with Gasteiger partial charge in [0.1, 0.15) is 5.75 Å². The van der Waals surface area contributed by atoms with Crippen LogP contribution < -0.4 is 19.5 Å². The minimum Gasteiger partial charge on any atom is -0.496 e. The predicted octanol–water partition coefficient (Wildman–Crippen LogP) is 5.41. The number of carbonyl (C=O) groups is 2. The molecule has 5 rings (SSSR count). The van der Waals surface area contributed by atoms with Crippen molar-refractivity contribution in [1.29, 1.82) is 0 Å². The number of fused-ring (bicyclic) bond motifs is 4. The number of methoxy groups -OCH3 is 1. The Morgan fingerprint density at radius 2 is 1.74 bits per heavy atom. The summed E-state index contributed by atoms with van der Waals surface area (Å²) >= 11 is 3.50. The molecule has 3 aromatic carbocycles. The highest BCUT2D eigenvalue weighted by molar-refractivity contribution is 9.10. The lowest BCUT2D eigenvalue weighted by atomic mass is 9.75. The smallest absolute Gasteiger partial charge is 0.254 e. The zero-order valence-corrected chi connectivity index (χ0v) is 23.3. The number of halogens is 1. The minimum absolute atomic E-state index is 0.0548. The van der Waals surface area contributed by atoms with Gasteiger partial charge < -0.3 is 24.4 Å². The van der Waals surface area contributed by atoms with E-state index in [0.717, 1.165) is 26.7 Å². The fraction of sp³-hybridized carbons (Fsp3) is 0.333. The van der Waals surface area contributed by atoms with Crippen molar-refractivity contribution in [2.24, 2.45) is 0 Å². The Morgan fingerprint density at radius 1 is 1.00 bits per heavy atom. The summed E-state index contributed by atoms with van der Waals surface area (Å²) in [7, 11) is 1.61. The Morgan fingerprint density at radius 3 is 2.47 bits per heavy atom. The van der Waals surface area contributed by atoms with Gasteiger partial charge in [-0.3, -0.25) is 9.59 Å². The quantitative estimate of drug-likeness (QED) is 0.387. The van der Waals surface area contributed by atoms with E-state index in [1.54, 1.807) is 7.11 Å². The number of rotatable bonds is 8. The lowest BCUT2D eigenvalue weighted by molar-refractivity contribution is -0.124. The van der Waals surface area contributed by atoms with Crippen molar-refractivity contribution < 1.29 is 23.8 Å². The van der Waals surface area contributed by atoms with Gasteiger partial charge in [0, 0.05) is 28.7 Å². The molecule has 2 amide bonds. The van der Waals surface area contributed by atoms with Crippen LogP contribution in [0, 0.1) is 0 Å². The number of amides is 2. The van der Waals surface area contributed by atoms with E-state index < -0.39 is 12.0 Å². The molecule has 0 aromatic heterocycles. The van der Waals surface area contributed by atoms with Gasteiger partial charge in [-0.15, -0.1) is 0 Å². The fourth-order valence-electron chi connectivity index (χ4n) is 5.53. The van der Waals surface area contributed by atoms with Gasteiger partial charge in [-0.05, 0) is 73.4 Å². The van der Waals surface area contributed by atoms with Crippen molar-refractivity contribution in [2.75, 3.05) is 26.9 Å². The Labute approximate surface area is 231 Å². The summed E-state index contributed by atoms with van der Waals surface area (Å²) in [6.45, 7) is 5.68. The summed E-state index contributed by atoms with van der Waals surface area (Å²) in [5.74, 6) is 1.21. The topological polar surface area (TPSA) is 77.1 Å². The maximum absolute atomic E-state index is 14.0. The van der Waals surface area contributed by atoms with Crippen LogP contribution in [0.4, 0.5) is 0 Å². The Kier molecular flexibility index (Phi) is 7.61. The summed E-state index contributed by atoms with van der Waals surface area (Å²) in [4.78, 5) is 29.5. The lowest BCUT2D eigenvalue weighted by Gasteiger charge is -2.45. The highest BCUT2D eigenvalue weighted by Gasteiger charge is 2.46. The third-order valence-corrected chi connectivity index (χ3v) is 7.66. The van der Waals surface area contributed by atoms with Crippen molar-refractivity contribution >= 4 is 27.7 Å². The molecule has 2 aliphatic rings.